The van der Waals surface area contributed by atoms with Gasteiger partial charge in [0.25, 0.3) is 5.91 Å². The second-order valence-corrected chi connectivity index (χ2v) is 6.81. The summed E-state index contributed by atoms with van der Waals surface area (Å²) >= 11 is 0. The van der Waals surface area contributed by atoms with Gasteiger partial charge >= 0.3 is 0 Å². The van der Waals surface area contributed by atoms with E-state index in [1.807, 2.05) is 0 Å². The lowest BCUT2D eigenvalue weighted by Crippen LogP contribution is -2.43. The number of rotatable bonds is 6. The molecule has 2 amide bonds. The lowest BCUT2D eigenvalue weighted by atomic mass is 9.98. The second kappa shape index (κ2) is 8.82. The van der Waals surface area contributed by atoms with Crippen molar-refractivity contribution in [3.8, 4) is 0 Å². The minimum atomic E-state index is -1.22. The fraction of sp³-hybridized carbons (Fsp3) is 0.130. The van der Waals surface area contributed by atoms with Crippen molar-refractivity contribution in [3.63, 3.8) is 0 Å². The van der Waals surface area contributed by atoms with Crippen molar-refractivity contribution in [2.24, 2.45) is 5.73 Å². The average molecular weight is 412 g/mol. The van der Waals surface area contributed by atoms with Gasteiger partial charge in [0.05, 0.1) is 6.04 Å². The van der Waals surface area contributed by atoms with Crippen LogP contribution in [0.4, 0.5) is 13.2 Å². The Morgan fingerprint density at radius 3 is 1.90 bits per heavy atom. The second-order valence-electron chi connectivity index (χ2n) is 6.81. The van der Waals surface area contributed by atoms with Gasteiger partial charge in [0.1, 0.15) is 23.5 Å². The van der Waals surface area contributed by atoms with Crippen LogP contribution in [0.15, 0.2) is 72.8 Å². The summed E-state index contributed by atoms with van der Waals surface area (Å²) in [6.45, 7) is 1.54. The quantitative estimate of drug-likeness (QED) is 0.646. The Kier molecular flexibility index (Phi) is 6.20. The summed E-state index contributed by atoms with van der Waals surface area (Å²) in [5, 5.41) is 0. The molecule has 4 nitrogen and oxygen atoms in total. The molecule has 30 heavy (non-hydrogen) atoms. The van der Waals surface area contributed by atoms with Crippen LogP contribution in [0.3, 0.4) is 0 Å². The Balaban J connectivity index is 2.15. The van der Waals surface area contributed by atoms with Crippen molar-refractivity contribution in [1.29, 1.82) is 0 Å². The van der Waals surface area contributed by atoms with Crippen molar-refractivity contribution in [2.75, 3.05) is 0 Å². The summed E-state index contributed by atoms with van der Waals surface area (Å²) in [4.78, 5) is 26.9. The molecular formula is C23H19F3N2O2. The van der Waals surface area contributed by atoms with Gasteiger partial charge in [-0.2, -0.15) is 0 Å². The van der Waals surface area contributed by atoms with Crippen LogP contribution >= 0.6 is 0 Å². The maximum Gasteiger partial charge on any atom is 0.255 e. The van der Waals surface area contributed by atoms with E-state index in [1.54, 1.807) is 30.3 Å². The van der Waals surface area contributed by atoms with Crippen LogP contribution in [0.5, 0.6) is 0 Å². The molecule has 154 valence electrons. The largest absolute Gasteiger partial charge is 0.368 e. The molecule has 0 aromatic heterocycles. The van der Waals surface area contributed by atoms with Gasteiger partial charge in [0.15, 0.2) is 0 Å². The third-order valence-corrected chi connectivity index (χ3v) is 4.77. The lowest BCUT2D eigenvalue weighted by molar-refractivity contribution is -0.123. The Morgan fingerprint density at radius 1 is 0.800 bits per heavy atom. The van der Waals surface area contributed by atoms with Gasteiger partial charge < -0.3 is 10.6 Å². The first-order valence-corrected chi connectivity index (χ1v) is 9.16. The fourth-order valence-electron chi connectivity index (χ4n) is 3.33. The molecule has 0 aliphatic rings. The number of hydrogen-bond acceptors (Lipinski definition) is 2. The van der Waals surface area contributed by atoms with Crippen LogP contribution in [-0.4, -0.2) is 16.7 Å². The number of carbonyl (C=O) groups is 2. The number of nitrogens with two attached hydrogens (primary N) is 1. The third kappa shape index (κ3) is 4.51. The highest BCUT2D eigenvalue weighted by Crippen LogP contribution is 2.33. The van der Waals surface area contributed by atoms with Crippen molar-refractivity contribution in [2.45, 2.75) is 19.0 Å². The first kappa shape index (κ1) is 21.1. The summed E-state index contributed by atoms with van der Waals surface area (Å²) in [6, 6.07) is 13.8. The van der Waals surface area contributed by atoms with Crippen molar-refractivity contribution in [1.82, 2.24) is 4.90 Å². The van der Waals surface area contributed by atoms with Crippen molar-refractivity contribution >= 4 is 11.8 Å². The molecule has 3 aromatic rings. The highest BCUT2D eigenvalue weighted by atomic mass is 19.1. The zero-order chi connectivity index (χ0) is 21.8. The van der Waals surface area contributed by atoms with E-state index in [9.17, 15) is 22.8 Å². The molecule has 7 heteroatoms. The topological polar surface area (TPSA) is 63.4 Å². The van der Waals surface area contributed by atoms with E-state index >= 15 is 0 Å². The molecule has 0 saturated heterocycles. The minimum Gasteiger partial charge on any atom is -0.368 e. The van der Waals surface area contributed by atoms with E-state index in [0.29, 0.717) is 11.6 Å². The van der Waals surface area contributed by atoms with E-state index in [-0.39, 0.29) is 11.1 Å². The molecule has 0 bridgehead atoms. The Morgan fingerprint density at radius 2 is 1.37 bits per heavy atom. The standard InChI is InChI=1S/C23H19F3N2O2/c1-14(17-11-19(25)13-20(26)12-17)28(23(30)16-7-9-18(24)10-8-16)21(22(27)29)15-5-3-2-4-6-15/h2-14,21H,1H3,(H2,27,29)/t14-,21-/m1/s1. The van der Waals surface area contributed by atoms with Gasteiger partial charge in [0.2, 0.25) is 5.91 Å². The molecule has 0 saturated carbocycles. The summed E-state index contributed by atoms with van der Waals surface area (Å²) in [7, 11) is 0. The molecule has 3 rings (SSSR count). The maximum atomic E-state index is 13.8. The van der Waals surface area contributed by atoms with Gasteiger partial charge in [-0.05, 0) is 54.4 Å². The van der Waals surface area contributed by atoms with E-state index in [2.05, 4.69) is 0 Å². The van der Waals surface area contributed by atoms with Gasteiger partial charge in [-0.1, -0.05) is 30.3 Å². The number of benzene rings is 3. The zero-order valence-electron chi connectivity index (χ0n) is 16.1. The van der Waals surface area contributed by atoms with Crippen LogP contribution in [0.25, 0.3) is 0 Å². The number of carbonyl (C=O) groups excluding carboxylic acids is 2. The molecule has 3 aromatic carbocycles. The molecule has 0 fully saturated rings. The number of amides is 2. The SMILES string of the molecule is C[C@H](c1cc(F)cc(F)c1)N(C(=O)c1ccc(F)cc1)[C@@H](C(N)=O)c1ccccc1. The van der Waals surface area contributed by atoms with Gasteiger partial charge in [-0.15, -0.1) is 0 Å². The fourth-order valence-corrected chi connectivity index (χ4v) is 3.33. The van der Waals surface area contributed by atoms with Crippen LogP contribution < -0.4 is 5.73 Å². The Bertz CT molecular complexity index is 1040. The Labute approximate surface area is 171 Å². The molecule has 0 aliphatic heterocycles. The van der Waals surface area contributed by atoms with Crippen molar-refractivity contribution < 1.29 is 22.8 Å². The lowest BCUT2D eigenvalue weighted by Gasteiger charge is -2.35. The van der Waals surface area contributed by atoms with Crippen LogP contribution in [0.1, 0.15) is 40.5 Å². The molecule has 0 unspecified atom stereocenters. The third-order valence-electron chi connectivity index (χ3n) is 4.77. The molecule has 0 aliphatic carbocycles. The highest BCUT2D eigenvalue weighted by molar-refractivity contribution is 5.98. The zero-order valence-corrected chi connectivity index (χ0v) is 16.1. The van der Waals surface area contributed by atoms with Gasteiger partial charge in [0, 0.05) is 11.6 Å². The summed E-state index contributed by atoms with van der Waals surface area (Å²) in [5.41, 5.74) is 6.32. The van der Waals surface area contributed by atoms with E-state index < -0.39 is 41.3 Å². The van der Waals surface area contributed by atoms with E-state index in [1.165, 1.54) is 19.1 Å². The highest BCUT2D eigenvalue weighted by Gasteiger charge is 2.35. The predicted molar refractivity (Wildman–Crippen MR) is 106 cm³/mol. The molecule has 0 radical (unpaired) electrons. The molecule has 0 spiro atoms. The van der Waals surface area contributed by atoms with Gasteiger partial charge in [-0.3, -0.25) is 9.59 Å². The number of halogens is 3. The minimum absolute atomic E-state index is 0.0994. The molecule has 2 atom stereocenters. The summed E-state index contributed by atoms with van der Waals surface area (Å²) < 4.78 is 41.0. The number of primary amides is 1. The number of hydrogen-bond donors (Lipinski definition) is 1. The summed E-state index contributed by atoms with van der Waals surface area (Å²) in [5.74, 6) is -3.63. The van der Waals surface area contributed by atoms with Crippen LogP contribution in [-0.2, 0) is 4.79 Å². The molecule has 2 N–H and O–H groups in total. The molecular weight excluding hydrogens is 393 g/mol. The number of nitrogens with zero attached hydrogens (tertiary/aromatic N) is 1. The van der Waals surface area contributed by atoms with Crippen LogP contribution in [0.2, 0.25) is 0 Å². The van der Waals surface area contributed by atoms with Gasteiger partial charge in [-0.25, -0.2) is 13.2 Å². The van der Waals surface area contributed by atoms with E-state index in [0.717, 1.165) is 29.2 Å². The predicted octanol–water partition coefficient (Wildman–Crippen LogP) is 4.53. The van der Waals surface area contributed by atoms with E-state index in [4.69, 9.17) is 5.73 Å². The molecule has 0 heterocycles. The Hall–Kier alpha value is -3.61. The monoisotopic (exact) mass is 412 g/mol. The average Bonchev–Trinajstić information content (AvgIpc) is 2.71. The first-order valence-electron chi connectivity index (χ1n) is 9.16. The summed E-state index contributed by atoms with van der Waals surface area (Å²) in [6.07, 6.45) is 0. The maximum absolute atomic E-state index is 13.8. The first-order chi connectivity index (χ1) is 14.3. The van der Waals surface area contributed by atoms with Crippen LogP contribution in [0, 0.1) is 17.5 Å². The smallest absolute Gasteiger partial charge is 0.255 e. The van der Waals surface area contributed by atoms with Crippen molar-refractivity contribution in [3.05, 3.63) is 107 Å². The normalized spacial score (nSPS) is 12.8.